The summed E-state index contributed by atoms with van der Waals surface area (Å²) in [7, 11) is 0. The van der Waals surface area contributed by atoms with Crippen LogP contribution in [0.2, 0.25) is 0 Å². The molecule has 3 rings (SSSR count). The number of ether oxygens (including phenoxy) is 1. The van der Waals surface area contributed by atoms with Crippen LogP contribution in [0.1, 0.15) is 17.8 Å². The third-order valence-electron chi connectivity index (χ3n) is 3.64. The number of amides is 1. The molecule has 0 unspecified atom stereocenters. The first-order valence-corrected chi connectivity index (χ1v) is 9.09. The van der Waals surface area contributed by atoms with Gasteiger partial charge in [0, 0.05) is 23.1 Å². The summed E-state index contributed by atoms with van der Waals surface area (Å²) in [4.78, 5) is 16.5. The molecule has 3 aromatic rings. The van der Waals surface area contributed by atoms with E-state index in [0.717, 1.165) is 27.7 Å². The Labute approximate surface area is 151 Å². The van der Waals surface area contributed by atoms with E-state index in [1.807, 2.05) is 66.9 Å². The van der Waals surface area contributed by atoms with Gasteiger partial charge in [-0.05, 0) is 37.6 Å². The molecule has 0 radical (unpaired) electrons. The highest BCUT2D eigenvalue weighted by molar-refractivity contribution is 7.09. The second kappa shape index (κ2) is 8.44. The molecule has 2 aromatic carbocycles. The Morgan fingerprint density at radius 2 is 1.88 bits per heavy atom. The van der Waals surface area contributed by atoms with Crippen molar-refractivity contribution in [3.05, 3.63) is 65.0 Å². The Bertz CT molecular complexity index is 813. The molecular weight excluding hydrogens is 332 g/mol. The third kappa shape index (κ3) is 5.16. The van der Waals surface area contributed by atoms with Crippen molar-refractivity contribution >= 4 is 22.9 Å². The first kappa shape index (κ1) is 17.2. The molecular formula is C20H20N2O2S. The Kier molecular flexibility index (Phi) is 5.80. The number of anilines is 1. The van der Waals surface area contributed by atoms with Crippen molar-refractivity contribution in [3.8, 4) is 17.0 Å². The summed E-state index contributed by atoms with van der Waals surface area (Å²) in [5.74, 6) is 0.824. The van der Waals surface area contributed by atoms with Crippen LogP contribution < -0.4 is 10.1 Å². The predicted octanol–water partition coefficient (Wildman–Crippen LogP) is 4.92. The van der Waals surface area contributed by atoms with E-state index in [4.69, 9.17) is 4.74 Å². The van der Waals surface area contributed by atoms with Crippen LogP contribution >= 0.6 is 11.3 Å². The maximum atomic E-state index is 12.0. The van der Waals surface area contributed by atoms with Crippen molar-refractivity contribution in [1.82, 2.24) is 4.98 Å². The number of carbonyl (C=O) groups excluding carboxylic acids is 1. The molecule has 128 valence electrons. The fraction of sp³-hybridized carbons (Fsp3) is 0.200. The highest BCUT2D eigenvalue weighted by Gasteiger charge is 2.05. The molecule has 0 aliphatic rings. The number of aryl methyl sites for hydroxylation is 1. The SMILES string of the molecule is Cc1nc(-c2ccc(NC(=O)CCCOc3ccccc3)cc2)cs1. The zero-order valence-electron chi connectivity index (χ0n) is 14.1. The normalized spacial score (nSPS) is 10.4. The first-order chi connectivity index (χ1) is 12.2. The number of hydrogen-bond donors (Lipinski definition) is 1. The lowest BCUT2D eigenvalue weighted by Crippen LogP contribution is -2.12. The van der Waals surface area contributed by atoms with Crippen LogP contribution in [0.5, 0.6) is 5.75 Å². The number of hydrogen-bond acceptors (Lipinski definition) is 4. The van der Waals surface area contributed by atoms with Crippen LogP contribution in [-0.2, 0) is 4.79 Å². The molecule has 0 fully saturated rings. The Hall–Kier alpha value is -2.66. The van der Waals surface area contributed by atoms with E-state index >= 15 is 0 Å². The van der Waals surface area contributed by atoms with Crippen molar-refractivity contribution in [2.24, 2.45) is 0 Å². The number of nitrogens with one attached hydrogen (secondary N) is 1. The zero-order valence-corrected chi connectivity index (χ0v) is 14.9. The number of rotatable bonds is 7. The second-order valence-corrected chi connectivity index (χ2v) is 6.70. The molecule has 0 spiro atoms. The summed E-state index contributed by atoms with van der Waals surface area (Å²) in [5, 5.41) is 6.00. The number of carbonyl (C=O) groups is 1. The quantitative estimate of drug-likeness (QED) is 0.614. The average molecular weight is 352 g/mol. The molecule has 0 aliphatic heterocycles. The molecule has 25 heavy (non-hydrogen) atoms. The van der Waals surface area contributed by atoms with Crippen LogP contribution in [-0.4, -0.2) is 17.5 Å². The molecule has 1 N–H and O–H groups in total. The molecule has 0 saturated heterocycles. The van der Waals surface area contributed by atoms with Gasteiger partial charge in [0.15, 0.2) is 0 Å². The monoisotopic (exact) mass is 352 g/mol. The summed E-state index contributed by atoms with van der Waals surface area (Å²) in [5.41, 5.74) is 2.82. The number of thiazole rings is 1. The lowest BCUT2D eigenvalue weighted by molar-refractivity contribution is -0.116. The highest BCUT2D eigenvalue weighted by atomic mass is 32.1. The minimum absolute atomic E-state index is 0.00563. The van der Waals surface area contributed by atoms with Gasteiger partial charge in [0.05, 0.1) is 17.3 Å². The zero-order chi connectivity index (χ0) is 17.5. The number of para-hydroxylation sites is 1. The van der Waals surface area contributed by atoms with Gasteiger partial charge in [-0.2, -0.15) is 0 Å². The summed E-state index contributed by atoms with van der Waals surface area (Å²) in [6.07, 6.45) is 1.11. The molecule has 1 amide bonds. The van der Waals surface area contributed by atoms with Gasteiger partial charge in [-0.15, -0.1) is 11.3 Å². The van der Waals surface area contributed by atoms with E-state index in [1.54, 1.807) is 11.3 Å². The molecule has 0 bridgehead atoms. The smallest absolute Gasteiger partial charge is 0.224 e. The lowest BCUT2D eigenvalue weighted by atomic mass is 10.1. The predicted molar refractivity (Wildman–Crippen MR) is 102 cm³/mol. The third-order valence-corrected chi connectivity index (χ3v) is 4.42. The van der Waals surface area contributed by atoms with Crippen LogP contribution in [0.4, 0.5) is 5.69 Å². The van der Waals surface area contributed by atoms with E-state index in [1.165, 1.54) is 0 Å². The minimum atomic E-state index is -0.00563. The maximum absolute atomic E-state index is 12.0. The fourth-order valence-corrected chi connectivity index (χ4v) is 3.01. The van der Waals surface area contributed by atoms with E-state index in [0.29, 0.717) is 19.4 Å². The van der Waals surface area contributed by atoms with Crippen LogP contribution in [0.3, 0.4) is 0 Å². The first-order valence-electron chi connectivity index (χ1n) is 8.21. The largest absolute Gasteiger partial charge is 0.494 e. The van der Waals surface area contributed by atoms with E-state index < -0.39 is 0 Å². The average Bonchev–Trinajstić information content (AvgIpc) is 3.07. The van der Waals surface area contributed by atoms with Crippen molar-refractivity contribution in [2.45, 2.75) is 19.8 Å². The standard InChI is InChI=1S/C20H20N2O2S/c1-15-21-19(14-25-15)16-9-11-17(12-10-16)22-20(23)8-5-13-24-18-6-3-2-4-7-18/h2-4,6-7,9-12,14H,5,8,13H2,1H3,(H,22,23). The van der Waals surface area contributed by atoms with E-state index in [-0.39, 0.29) is 5.91 Å². The van der Waals surface area contributed by atoms with E-state index in [2.05, 4.69) is 10.3 Å². The van der Waals surface area contributed by atoms with Crippen molar-refractivity contribution in [1.29, 1.82) is 0 Å². The molecule has 1 heterocycles. The summed E-state index contributed by atoms with van der Waals surface area (Å²) < 4.78 is 5.59. The fourth-order valence-electron chi connectivity index (χ4n) is 2.38. The van der Waals surface area contributed by atoms with Gasteiger partial charge in [-0.25, -0.2) is 4.98 Å². The number of aromatic nitrogens is 1. The topological polar surface area (TPSA) is 51.2 Å². The number of benzene rings is 2. The summed E-state index contributed by atoms with van der Waals surface area (Å²) in [6.45, 7) is 2.52. The molecule has 0 atom stereocenters. The molecule has 0 aliphatic carbocycles. The van der Waals surface area contributed by atoms with Crippen molar-refractivity contribution in [2.75, 3.05) is 11.9 Å². The Balaban J connectivity index is 1.43. The second-order valence-electron chi connectivity index (χ2n) is 5.64. The van der Waals surface area contributed by atoms with Crippen LogP contribution in [0.25, 0.3) is 11.3 Å². The molecule has 1 aromatic heterocycles. The van der Waals surface area contributed by atoms with Gasteiger partial charge in [-0.3, -0.25) is 4.79 Å². The summed E-state index contributed by atoms with van der Waals surface area (Å²) in [6, 6.07) is 17.4. The molecule has 5 heteroatoms. The minimum Gasteiger partial charge on any atom is -0.494 e. The van der Waals surface area contributed by atoms with Gasteiger partial charge < -0.3 is 10.1 Å². The van der Waals surface area contributed by atoms with Gasteiger partial charge in [-0.1, -0.05) is 30.3 Å². The van der Waals surface area contributed by atoms with Crippen LogP contribution in [0.15, 0.2) is 60.0 Å². The maximum Gasteiger partial charge on any atom is 0.224 e. The summed E-state index contributed by atoms with van der Waals surface area (Å²) >= 11 is 1.63. The van der Waals surface area contributed by atoms with E-state index in [9.17, 15) is 4.79 Å². The molecule has 4 nitrogen and oxygen atoms in total. The highest BCUT2D eigenvalue weighted by Crippen LogP contribution is 2.23. The van der Waals surface area contributed by atoms with Crippen molar-refractivity contribution in [3.63, 3.8) is 0 Å². The van der Waals surface area contributed by atoms with Gasteiger partial charge in [0.25, 0.3) is 0 Å². The Morgan fingerprint density at radius 3 is 2.56 bits per heavy atom. The number of nitrogens with zero attached hydrogens (tertiary/aromatic N) is 1. The lowest BCUT2D eigenvalue weighted by Gasteiger charge is -2.07. The molecule has 0 saturated carbocycles. The van der Waals surface area contributed by atoms with Gasteiger partial charge in [0.2, 0.25) is 5.91 Å². The van der Waals surface area contributed by atoms with Gasteiger partial charge in [0.1, 0.15) is 5.75 Å². The van der Waals surface area contributed by atoms with Crippen LogP contribution in [0, 0.1) is 6.92 Å². The Morgan fingerprint density at radius 1 is 1.12 bits per heavy atom. The van der Waals surface area contributed by atoms with Crippen molar-refractivity contribution < 1.29 is 9.53 Å². The van der Waals surface area contributed by atoms with Gasteiger partial charge >= 0.3 is 0 Å².